The second-order valence-corrected chi connectivity index (χ2v) is 4.42. The molecule has 0 radical (unpaired) electrons. The molecule has 0 aliphatic carbocycles. The zero-order chi connectivity index (χ0) is 15.3. The molecular formula is C14H15NO5. The first-order valence-electron chi connectivity index (χ1n) is 5.99. The Morgan fingerprint density at radius 1 is 1.25 bits per heavy atom. The molecule has 0 fully saturated rings. The zero-order valence-corrected chi connectivity index (χ0v) is 11.5. The fourth-order valence-electron chi connectivity index (χ4n) is 1.44. The van der Waals surface area contributed by atoms with Crippen molar-refractivity contribution in [2.45, 2.75) is 26.9 Å². The highest BCUT2D eigenvalue weighted by Crippen LogP contribution is 2.15. The van der Waals surface area contributed by atoms with E-state index >= 15 is 0 Å². The van der Waals surface area contributed by atoms with E-state index in [0.29, 0.717) is 5.56 Å². The topological polar surface area (TPSA) is 86.5 Å². The first-order chi connectivity index (χ1) is 9.31. The van der Waals surface area contributed by atoms with Gasteiger partial charge in [-0.1, -0.05) is 0 Å². The Bertz CT molecular complexity index is 557. The van der Waals surface area contributed by atoms with Gasteiger partial charge >= 0.3 is 5.97 Å². The van der Waals surface area contributed by atoms with Gasteiger partial charge < -0.3 is 4.74 Å². The van der Waals surface area contributed by atoms with Crippen LogP contribution >= 0.6 is 0 Å². The number of ether oxygens (including phenoxy) is 1. The number of hydrogen-bond donors (Lipinski definition) is 0. The number of carbonyl (C=O) groups excluding carboxylic acids is 2. The molecule has 1 rings (SSSR count). The molecule has 0 heterocycles. The van der Waals surface area contributed by atoms with Crippen molar-refractivity contribution in [1.29, 1.82) is 0 Å². The molecule has 106 valence electrons. The first-order valence-corrected chi connectivity index (χ1v) is 5.99. The molecule has 0 atom stereocenters. The number of hydrogen-bond acceptors (Lipinski definition) is 5. The zero-order valence-electron chi connectivity index (χ0n) is 11.5. The van der Waals surface area contributed by atoms with Crippen molar-refractivity contribution >= 4 is 23.5 Å². The Kier molecular flexibility index (Phi) is 5.14. The fourth-order valence-corrected chi connectivity index (χ4v) is 1.44. The number of carbonyl (C=O) groups is 2. The van der Waals surface area contributed by atoms with Gasteiger partial charge in [-0.2, -0.15) is 0 Å². The van der Waals surface area contributed by atoms with E-state index in [1.807, 2.05) is 0 Å². The molecule has 0 saturated carbocycles. The molecule has 1 aromatic carbocycles. The van der Waals surface area contributed by atoms with Gasteiger partial charge in [0.15, 0.2) is 5.78 Å². The molecule has 0 spiro atoms. The van der Waals surface area contributed by atoms with Crippen LogP contribution in [0, 0.1) is 10.1 Å². The summed E-state index contributed by atoms with van der Waals surface area (Å²) in [5.74, 6) is -1.13. The van der Waals surface area contributed by atoms with Gasteiger partial charge in [-0.25, -0.2) is 4.79 Å². The highest BCUT2D eigenvalue weighted by Gasteiger charge is 2.17. The number of ketones is 1. The molecular weight excluding hydrogens is 262 g/mol. The van der Waals surface area contributed by atoms with Crippen molar-refractivity contribution < 1.29 is 19.2 Å². The summed E-state index contributed by atoms with van der Waals surface area (Å²) in [6, 6.07) is 5.53. The maximum Gasteiger partial charge on any atom is 0.342 e. The third-order valence-electron chi connectivity index (χ3n) is 2.36. The van der Waals surface area contributed by atoms with Gasteiger partial charge in [-0.15, -0.1) is 0 Å². The van der Waals surface area contributed by atoms with Crippen LogP contribution in [0.5, 0.6) is 0 Å². The van der Waals surface area contributed by atoms with Gasteiger partial charge in [0.05, 0.1) is 11.0 Å². The van der Waals surface area contributed by atoms with E-state index in [2.05, 4.69) is 0 Å². The quantitative estimate of drug-likeness (QED) is 0.206. The van der Waals surface area contributed by atoms with Crippen LogP contribution in [0.3, 0.4) is 0 Å². The van der Waals surface area contributed by atoms with Crippen LogP contribution in [-0.2, 0) is 14.3 Å². The number of benzene rings is 1. The molecule has 20 heavy (non-hydrogen) atoms. The lowest BCUT2D eigenvalue weighted by Crippen LogP contribution is -2.17. The molecule has 0 bridgehead atoms. The SMILES string of the molecule is CC(=O)C(=Cc1ccc([N+](=O)[O-])cc1)C(=O)OC(C)C. The Morgan fingerprint density at radius 3 is 2.20 bits per heavy atom. The van der Waals surface area contributed by atoms with Crippen molar-refractivity contribution in [3.63, 3.8) is 0 Å². The van der Waals surface area contributed by atoms with Crippen molar-refractivity contribution in [2.75, 3.05) is 0 Å². The minimum atomic E-state index is -0.703. The lowest BCUT2D eigenvalue weighted by molar-refractivity contribution is -0.384. The van der Waals surface area contributed by atoms with Crippen LogP contribution in [0.25, 0.3) is 6.08 Å². The maximum absolute atomic E-state index is 11.8. The minimum absolute atomic E-state index is 0.0590. The highest BCUT2D eigenvalue weighted by molar-refractivity contribution is 6.19. The number of non-ortho nitro benzene ring substituents is 1. The van der Waals surface area contributed by atoms with Crippen molar-refractivity contribution in [1.82, 2.24) is 0 Å². The van der Waals surface area contributed by atoms with E-state index in [4.69, 9.17) is 4.74 Å². The summed E-state index contributed by atoms with van der Waals surface area (Å²) in [6.07, 6.45) is 1.03. The summed E-state index contributed by atoms with van der Waals surface area (Å²) >= 11 is 0. The number of rotatable bonds is 5. The molecule has 0 amide bonds. The van der Waals surface area contributed by atoms with Crippen LogP contribution in [-0.4, -0.2) is 22.8 Å². The van der Waals surface area contributed by atoms with Gasteiger partial charge in [0, 0.05) is 12.1 Å². The summed E-state index contributed by atoms with van der Waals surface area (Å²) < 4.78 is 4.97. The molecule has 6 nitrogen and oxygen atoms in total. The van der Waals surface area contributed by atoms with Crippen LogP contribution in [0.1, 0.15) is 26.3 Å². The predicted molar refractivity (Wildman–Crippen MR) is 73.0 cm³/mol. The van der Waals surface area contributed by atoms with Crippen LogP contribution < -0.4 is 0 Å². The number of esters is 1. The van der Waals surface area contributed by atoms with Crippen molar-refractivity contribution in [3.8, 4) is 0 Å². The van der Waals surface area contributed by atoms with E-state index in [-0.39, 0.29) is 17.4 Å². The molecule has 6 heteroatoms. The largest absolute Gasteiger partial charge is 0.459 e. The Labute approximate surface area is 116 Å². The molecule has 0 aromatic heterocycles. The third kappa shape index (κ3) is 4.31. The van der Waals surface area contributed by atoms with Crippen LogP contribution in [0.4, 0.5) is 5.69 Å². The molecule has 0 aliphatic heterocycles. The molecule has 1 aromatic rings. The maximum atomic E-state index is 11.8. The van der Waals surface area contributed by atoms with Crippen LogP contribution in [0.15, 0.2) is 29.8 Å². The molecule has 0 saturated heterocycles. The summed E-state index contributed by atoms with van der Waals surface area (Å²) in [5, 5.41) is 10.5. The van der Waals surface area contributed by atoms with Crippen LogP contribution in [0.2, 0.25) is 0 Å². The van der Waals surface area contributed by atoms with Crippen molar-refractivity contribution in [2.24, 2.45) is 0 Å². The summed E-state index contributed by atoms with van der Waals surface area (Å²) in [5.41, 5.74) is 0.366. The second-order valence-electron chi connectivity index (χ2n) is 4.42. The summed E-state index contributed by atoms with van der Waals surface area (Å²) in [4.78, 5) is 33.2. The fraction of sp³-hybridized carbons (Fsp3) is 0.286. The number of nitro benzene ring substituents is 1. The second kappa shape index (κ2) is 6.60. The van der Waals surface area contributed by atoms with E-state index in [0.717, 1.165) is 0 Å². The summed E-state index contributed by atoms with van der Waals surface area (Å²) in [7, 11) is 0. The smallest absolute Gasteiger partial charge is 0.342 e. The Balaban J connectivity index is 3.05. The van der Waals surface area contributed by atoms with E-state index < -0.39 is 16.7 Å². The monoisotopic (exact) mass is 277 g/mol. The number of nitro groups is 1. The predicted octanol–water partition coefficient (Wildman–Crippen LogP) is 2.52. The normalized spacial score (nSPS) is 11.3. The number of Topliss-reactive ketones (excluding diaryl/α,β-unsaturated/α-hetero) is 1. The first kappa shape index (κ1) is 15.6. The molecule has 0 aliphatic rings. The standard InChI is InChI=1S/C14H15NO5/c1-9(2)20-14(17)13(10(3)16)8-11-4-6-12(7-5-11)15(18)19/h4-9H,1-3H3. The average molecular weight is 277 g/mol. The third-order valence-corrected chi connectivity index (χ3v) is 2.36. The average Bonchev–Trinajstić information content (AvgIpc) is 2.35. The summed E-state index contributed by atoms with van der Waals surface area (Å²) in [6.45, 7) is 4.63. The van der Waals surface area contributed by atoms with Gasteiger partial charge in [0.1, 0.15) is 5.57 Å². The van der Waals surface area contributed by atoms with E-state index in [1.54, 1.807) is 13.8 Å². The minimum Gasteiger partial charge on any atom is -0.459 e. The van der Waals surface area contributed by atoms with E-state index in [1.165, 1.54) is 37.3 Å². The van der Waals surface area contributed by atoms with Gasteiger partial charge in [-0.3, -0.25) is 14.9 Å². The van der Waals surface area contributed by atoms with Gasteiger partial charge in [0.2, 0.25) is 0 Å². The van der Waals surface area contributed by atoms with Crippen molar-refractivity contribution in [3.05, 3.63) is 45.5 Å². The molecule has 0 N–H and O–H groups in total. The van der Waals surface area contributed by atoms with Gasteiger partial charge in [0.25, 0.3) is 5.69 Å². The lowest BCUT2D eigenvalue weighted by atomic mass is 10.1. The Morgan fingerprint density at radius 2 is 1.80 bits per heavy atom. The lowest BCUT2D eigenvalue weighted by Gasteiger charge is -2.08. The van der Waals surface area contributed by atoms with Gasteiger partial charge in [-0.05, 0) is 44.5 Å². The molecule has 0 unspecified atom stereocenters. The number of nitrogens with zero attached hydrogens (tertiary/aromatic N) is 1. The Hall–Kier alpha value is -2.50. The highest BCUT2D eigenvalue weighted by atomic mass is 16.6. The van der Waals surface area contributed by atoms with E-state index in [9.17, 15) is 19.7 Å².